The van der Waals surface area contributed by atoms with Crippen molar-refractivity contribution in [1.29, 1.82) is 0 Å². The number of ether oxygens (including phenoxy) is 1. The minimum absolute atomic E-state index is 0.00913. The van der Waals surface area contributed by atoms with Crippen LogP contribution in [-0.4, -0.2) is 35.8 Å². The number of benzene rings is 1. The third-order valence-corrected chi connectivity index (χ3v) is 3.03. The number of amides is 3. The second kappa shape index (κ2) is 5.73. The van der Waals surface area contributed by atoms with E-state index in [1.165, 1.54) is 6.92 Å². The van der Waals surface area contributed by atoms with Gasteiger partial charge in [0.25, 0.3) is 0 Å². The number of ketones is 1. The van der Waals surface area contributed by atoms with Crippen molar-refractivity contribution in [2.75, 3.05) is 13.2 Å². The molecule has 0 bridgehead atoms. The summed E-state index contributed by atoms with van der Waals surface area (Å²) >= 11 is 0. The zero-order valence-electron chi connectivity index (χ0n) is 11.4. The van der Waals surface area contributed by atoms with Crippen LogP contribution in [0.1, 0.15) is 29.8 Å². The van der Waals surface area contributed by atoms with Gasteiger partial charge in [-0.05, 0) is 32.0 Å². The number of Topliss-reactive ketones (excluding diaryl/α,β-unsaturated/α-hetero) is 1. The lowest BCUT2D eigenvalue weighted by Crippen LogP contribution is -2.30. The molecule has 6 heteroatoms. The topological polar surface area (TPSA) is 75.7 Å². The Morgan fingerprint density at radius 1 is 1.40 bits per heavy atom. The van der Waals surface area contributed by atoms with Crippen molar-refractivity contribution < 1.29 is 19.1 Å². The summed E-state index contributed by atoms with van der Waals surface area (Å²) in [5, 5.41) is 2.46. The molecule has 1 N–H and O–H groups in total. The summed E-state index contributed by atoms with van der Waals surface area (Å²) in [6, 6.07) is 4.59. The number of carbonyl (C=O) groups is 3. The molecule has 6 nitrogen and oxygen atoms in total. The Morgan fingerprint density at radius 3 is 2.70 bits per heavy atom. The van der Waals surface area contributed by atoms with E-state index in [9.17, 15) is 14.4 Å². The second-order valence-corrected chi connectivity index (χ2v) is 4.45. The highest BCUT2D eigenvalue weighted by molar-refractivity contribution is 6.02. The molecule has 0 aliphatic carbocycles. The number of hydrogen-bond acceptors (Lipinski definition) is 4. The lowest BCUT2D eigenvalue weighted by Gasteiger charge is -2.16. The predicted octanol–water partition coefficient (Wildman–Crippen LogP) is 1.34. The average molecular weight is 276 g/mol. The van der Waals surface area contributed by atoms with Gasteiger partial charge < -0.3 is 10.1 Å². The van der Waals surface area contributed by atoms with Gasteiger partial charge in [0, 0.05) is 11.1 Å². The third-order valence-electron chi connectivity index (χ3n) is 3.03. The van der Waals surface area contributed by atoms with Crippen LogP contribution < -0.4 is 10.1 Å². The fourth-order valence-electron chi connectivity index (χ4n) is 2.00. The van der Waals surface area contributed by atoms with E-state index in [1.54, 1.807) is 18.2 Å². The van der Waals surface area contributed by atoms with Crippen LogP contribution >= 0.6 is 0 Å². The van der Waals surface area contributed by atoms with Gasteiger partial charge in [-0.3, -0.25) is 14.5 Å². The second-order valence-electron chi connectivity index (χ2n) is 4.45. The van der Waals surface area contributed by atoms with Crippen molar-refractivity contribution in [2.45, 2.75) is 20.4 Å². The van der Waals surface area contributed by atoms with E-state index in [1.807, 2.05) is 6.92 Å². The van der Waals surface area contributed by atoms with Crippen LogP contribution in [0.25, 0.3) is 0 Å². The molecular formula is C14H16N2O4. The lowest BCUT2D eigenvalue weighted by atomic mass is 10.1. The number of carbonyl (C=O) groups excluding carboxylic acids is 3. The number of rotatable bonds is 5. The van der Waals surface area contributed by atoms with Crippen molar-refractivity contribution in [2.24, 2.45) is 0 Å². The molecule has 0 radical (unpaired) electrons. The molecule has 0 unspecified atom stereocenters. The molecule has 106 valence electrons. The highest BCUT2D eigenvalue weighted by Gasteiger charge is 2.29. The molecule has 20 heavy (non-hydrogen) atoms. The van der Waals surface area contributed by atoms with Crippen LogP contribution in [0.15, 0.2) is 18.2 Å². The molecule has 0 saturated carbocycles. The molecule has 0 atom stereocenters. The van der Waals surface area contributed by atoms with Gasteiger partial charge in [-0.15, -0.1) is 0 Å². The van der Waals surface area contributed by atoms with Crippen molar-refractivity contribution >= 4 is 17.7 Å². The summed E-state index contributed by atoms with van der Waals surface area (Å²) in [7, 11) is 0. The third kappa shape index (κ3) is 2.79. The minimum Gasteiger partial charge on any atom is -0.494 e. The molecule has 1 aromatic rings. The van der Waals surface area contributed by atoms with E-state index in [0.29, 0.717) is 23.5 Å². The zero-order valence-corrected chi connectivity index (χ0v) is 11.4. The maximum Gasteiger partial charge on any atom is 0.324 e. The highest BCUT2D eigenvalue weighted by atomic mass is 16.5. The maximum atomic E-state index is 11.6. The minimum atomic E-state index is -0.425. The number of imide groups is 1. The Morgan fingerprint density at radius 2 is 2.15 bits per heavy atom. The maximum absolute atomic E-state index is 11.6. The standard InChI is InChI=1S/C14H16N2O4/c1-3-20-12-5-4-10(9(2)17)6-11(12)8-16-13(18)7-15-14(16)19/h4-6H,3,7-8H2,1-2H3,(H,15,19). The largest absolute Gasteiger partial charge is 0.494 e. The molecule has 1 fully saturated rings. The van der Waals surface area contributed by atoms with Gasteiger partial charge in [0.2, 0.25) is 5.91 Å². The Hall–Kier alpha value is -2.37. The Bertz CT molecular complexity index is 552. The summed E-state index contributed by atoms with van der Waals surface area (Å²) in [4.78, 5) is 35.7. The molecule has 1 saturated heterocycles. The fraction of sp³-hybridized carbons (Fsp3) is 0.357. The van der Waals surface area contributed by atoms with Gasteiger partial charge >= 0.3 is 6.03 Å². The summed E-state index contributed by atoms with van der Waals surface area (Å²) in [6.45, 7) is 3.88. The van der Waals surface area contributed by atoms with E-state index in [4.69, 9.17) is 4.74 Å². The van der Waals surface area contributed by atoms with Gasteiger partial charge in [-0.1, -0.05) is 0 Å². The molecule has 1 aromatic carbocycles. The quantitative estimate of drug-likeness (QED) is 0.650. The molecule has 0 aromatic heterocycles. The van der Waals surface area contributed by atoms with Crippen molar-refractivity contribution in [3.05, 3.63) is 29.3 Å². The first kappa shape index (κ1) is 14.0. The number of nitrogens with zero attached hydrogens (tertiary/aromatic N) is 1. The first-order chi connectivity index (χ1) is 9.52. The summed E-state index contributed by atoms with van der Waals surface area (Å²) in [5.74, 6) is 0.210. The number of nitrogens with one attached hydrogen (secondary N) is 1. The number of hydrogen-bond donors (Lipinski definition) is 1. The SMILES string of the molecule is CCOc1ccc(C(C)=O)cc1CN1C(=O)CNC1=O. The summed E-state index contributed by atoms with van der Waals surface area (Å²) in [6.07, 6.45) is 0. The fourth-order valence-corrected chi connectivity index (χ4v) is 2.00. The van der Waals surface area contributed by atoms with Gasteiger partial charge in [-0.25, -0.2) is 4.79 Å². The van der Waals surface area contributed by atoms with E-state index >= 15 is 0 Å². The highest BCUT2D eigenvalue weighted by Crippen LogP contribution is 2.23. The van der Waals surface area contributed by atoms with Crippen molar-refractivity contribution in [1.82, 2.24) is 10.2 Å². The van der Waals surface area contributed by atoms with Crippen LogP contribution in [0.3, 0.4) is 0 Å². The van der Waals surface area contributed by atoms with E-state index in [-0.39, 0.29) is 24.8 Å². The Labute approximate surface area is 116 Å². The van der Waals surface area contributed by atoms with E-state index in [0.717, 1.165) is 4.90 Å². The van der Waals surface area contributed by atoms with Gasteiger partial charge in [0.1, 0.15) is 5.75 Å². The smallest absolute Gasteiger partial charge is 0.324 e. The van der Waals surface area contributed by atoms with Crippen LogP contribution in [0.2, 0.25) is 0 Å². The normalized spacial score (nSPS) is 14.4. The lowest BCUT2D eigenvalue weighted by molar-refractivity contribution is -0.125. The molecule has 1 heterocycles. The summed E-state index contributed by atoms with van der Waals surface area (Å²) in [5.41, 5.74) is 1.17. The molecule has 0 spiro atoms. The zero-order chi connectivity index (χ0) is 14.7. The molecule has 1 aliphatic heterocycles. The van der Waals surface area contributed by atoms with Gasteiger partial charge in [-0.2, -0.15) is 0 Å². The van der Waals surface area contributed by atoms with Crippen LogP contribution in [0.4, 0.5) is 4.79 Å². The predicted molar refractivity (Wildman–Crippen MR) is 71.6 cm³/mol. The molecule has 2 rings (SSSR count). The summed E-state index contributed by atoms with van der Waals surface area (Å²) < 4.78 is 5.47. The number of urea groups is 1. The van der Waals surface area contributed by atoms with Crippen LogP contribution in [0, 0.1) is 0 Å². The van der Waals surface area contributed by atoms with Gasteiger partial charge in [0.15, 0.2) is 5.78 Å². The Kier molecular flexibility index (Phi) is 4.02. The van der Waals surface area contributed by atoms with Crippen molar-refractivity contribution in [3.8, 4) is 5.75 Å². The molecule has 1 aliphatic rings. The van der Waals surface area contributed by atoms with Crippen LogP contribution in [0.5, 0.6) is 5.75 Å². The monoisotopic (exact) mass is 276 g/mol. The Balaban J connectivity index is 2.32. The first-order valence-corrected chi connectivity index (χ1v) is 6.37. The van der Waals surface area contributed by atoms with E-state index < -0.39 is 6.03 Å². The van der Waals surface area contributed by atoms with Gasteiger partial charge in [0.05, 0.1) is 19.7 Å². The first-order valence-electron chi connectivity index (χ1n) is 6.37. The van der Waals surface area contributed by atoms with Crippen molar-refractivity contribution in [3.63, 3.8) is 0 Å². The van der Waals surface area contributed by atoms with E-state index in [2.05, 4.69) is 5.32 Å². The average Bonchev–Trinajstić information content (AvgIpc) is 2.72. The molecular weight excluding hydrogens is 260 g/mol. The van der Waals surface area contributed by atoms with Crippen LogP contribution in [-0.2, 0) is 11.3 Å². The molecule has 3 amide bonds.